The molecule has 5 heterocycles. The SMILES string of the molecule is Cn1ccc2cc(-c3nnc(-c4cccnc4)s3)nc(-c3ncccn3)c21. The Labute approximate surface area is 158 Å². The number of pyridine rings is 2. The van der Waals surface area contributed by atoms with Crippen molar-refractivity contribution in [2.75, 3.05) is 0 Å². The monoisotopic (exact) mass is 371 g/mol. The number of hydrogen-bond donors (Lipinski definition) is 0. The molecule has 0 radical (unpaired) electrons. The molecule has 0 aliphatic rings. The lowest BCUT2D eigenvalue weighted by Gasteiger charge is -2.06. The highest BCUT2D eigenvalue weighted by atomic mass is 32.1. The zero-order valence-electron chi connectivity index (χ0n) is 14.3. The Balaban J connectivity index is 1.68. The van der Waals surface area contributed by atoms with Gasteiger partial charge in [-0.05, 0) is 30.3 Å². The van der Waals surface area contributed by atoms with Gasteiger partial charge in [0.1, 0.15) is 16.4 Å². The summed E-state index contributed by atoms with van der Waals surface area (Å²) in [5.74, 6) is 0.586. The van der Waals surface area contributed by atoms with Crippen LogP contribution in [0.4, 0.5) is 0 Å². The molecule has 0 bridgehead atoms. The molecule has 0 aliphatic carbocycles. The van der Waals surface area contributed by atoms with Gasteiger partial charge in [0.05, 0.1) is 5.52 Å². The highest BCUT2D eigenvalue weighted by molar-refractivity contribution is 7.17. The first-order valence-corrected chi connectivity index (χ1v) is 9.09. The Kier molecular flexibility index (Phi) is 3.68. The fourth-order valence-corrected chi connectivity index (χ4v) is 3.74. The first-order valence-electron chi connectivity index (χ1n) is 8.27. The average molecular weight is 371 g/mol. The zero-order valence-corrected chi connectivity index (χ0v) is 15.1. The summed E-state index contributed by atoms with van der Waals surface area (Å²) in [6.07, 6.45) is 8.96. The molecule has 5 aromatic heterocycles. The number of nitrogens with zero attached hydrogens (tertiary/aromatic N) is 7. The molecule has 8 heteroatoms. The number of rotatable bonds is 3. The number of aryl methyl sites for hydroxylation is 1. The van der Waals surface area contributed by atoms with Crippen molar-refractivity contribution in [1.82, 2.24) is 34.7 Å². The topological polar surface area (TPSA) is 82.3 Å². The highest BCUT2D eigenvalue weighted by Crippen LogP contribution is 2.33. The van der Waals surface area contributed by atoms with Gasteiger partial charge in [-0.25, -0.2) is 15.0 Å². The van der Waals surface area contributed by atoms with Crippen LogP contribution in [-0.2, 0) is 7.05 Å². The first kappa shape index (κ1) is 15.7. The fraction of sp³-hybridized carbons (Fsp3) is 0.0526. The van der Waals surface area contributed by atoms with Crippen LogP contribution in [0, 0.1) is 0 Å². The third kappa shape index (κ3) is 2.76. The minimum Gasteiger partial charge on any atom is -0.349 e. The normalized spacial score (nSPS) is 11.1. The first-order chi connectivity index (χ1) is 13.3. The lowest BCUT2D eigenvalue weighted by Crippen LogP contribution is -1.97. The molecule has 0 atom stereocenters. The lowest BCUT2D eigenvalue weighted by molar-refractivity contribution is 0.963. The van der Waals surface area contributed by atoms with Crippen LogP contribution in [0.15, 0.2) is 61.3 Å². The van der Waals surface area contributed by atoms with Crippen LogP contribution in [0.2, 0.25) is 0 Å². The molecule has 0 fully saturated rings. The van der Waals surface area contributed by atoms with E-state index < -0.39 is 0 Å². The van der Waals surface area contributed by atoms with Crippen LogP contribution in [0.3, 0.4) is 0 Å². The molecular weight excluding hydrogens is 358 g/mol. The van der Waals surface area contributed by atoms with E-state index in [2.05, 4.69) is 31.2 Å². The highest BCUT2D eigenvalue weighted by Gasteiger charge is 2.17. The van der Waals surface area contributed by atoms with Gasteiger partial charge in [-0.3, -0.25) is 4.98 Å². The van der Waals surface area contributed by atoms with Crippen molar-refractivity contribution >= 4 is 22.2 Å². The van der Waals surface area contributed by atoms with Gasteiger partial charge in [-0.1, -0.05) is 11.3 Å². The van der Waals surface area contributed by atoms with E-state index in [4.69, 9.17) is 4.98 Å². The van der Waals surface area contributed by atoms with Crippen molar-refractivity contribution in [2.45, 2.75) is 0 Å². The summed E-state index contributed by atoms with van der Waals surface area (Å²) in [6, 6.07) is 9.72. The molecule has 0 unspecified atom stereocenters. The Morgan fingerprint density at radius 2 is 1.81 bits per heavy atom. The molecule has 0 N–H and O–H groups in total. The molecule has 0 amide bonds. The maximum Gasteiger partial charge on any atom is 0.180 e. The predicted molar refractivity (Wildman–Crippen MR) is 104 cm³/mol. The maximum atomic E-state index is 4.83. The van der Waals surface area contributed by atoms with Gasteiger partial charge in [0.2, 0.25) is 0 Å². The van der Waals surface area contributed by atoms with E-state index in [0.29, 0.717) is 5.82 Å². The summed E-state index contributed by atoms with van der Waals surface area (Å²) in [6.45, 7) is 0. The molecule has 130 valence electrons. The summed E-state index contributed by atoms with van der Waals surface area (Å²) in [5, 5.41) is 11.3. The van der Waals surface area contributed by atoms with Crippen LogP contribution < -0.4 is 0 Å². The van der Waals surface area contributed by atoms with Gasteiger partial charge in [0.25, 0.3) is 0 Å². The second kappa shape index (κ2) is 6.33. The third-order valence-corrected chi connectivity index (χ3v) is 5.18. The van der Waals surface area contributed by atoms with E-state index in [1.165, 1.54) is 11.3 Å². The number of aromatic nitrogens is 7. The van der Waals surface area contributed by atoms with Crippen molar-refractivity contribution in [3.63, 3.8) is 0 Å². The molecule has 0 aromatic carbocycles. The maximum absolute atomic E-state index is 4.83. The van der Waals surface area contributed by atoms with E-state index in [9.17, 15) is 0 Å². The van der Waals surface area contributed by atoms with Crippen molar-refractivity contribution in [1.29, 1.82) is 0 Å². The van der Waals surface area contributed by atoms with E-state index in [1.54, 1.807) is 30.9 Å². The summed E-state index contributed by atoms with van der Waals surface area (Å²) in [5.41, 5.74) is 3.41. The molecule has 27 heavy (non-hydrogen) atoms. The molecule has 0 saturated heterocycles. The van der Waals surface area contributed by atoms with Crippen LogP contribution in [-0.4, -0.2) is 34.7 Å². The third-order valence-electron chi connectivity index (χ3n) is 4.18. The van der Waals surface area contributed by atoms with Gasteiger partial charge in [0, 0.05) is 49.0 Å². The van der Waals surface area contributed by atoms with E-state index >= 15 is 0 Å². The minimum absolute atomic E-state index is 0.586. The smallest absolute Gasteiger partial charge is 0.180 e. The van der Waals surface area contributed by atoms with Crippen molar-refractivity contribution in [2.24, 2.45) is 7.05 Å². The molecule has 7 nitrogen and oxygen atoms in total. The molecule has 0 spiro atoms. The quantitative estimate of drug-likeness (QED) is 0.482. The molecule has 5 aromatic rings. The Bertz CT molecular complexity index is 1230. The van der Waals surface area contributed by atoms with Gasteiger partial charge in [-0.2, -0.15) is 0 Å². The van der Waals surface area contributed by atoms with Crippen LogP contribution in [0.5, 0.6) is 0 Å². The van der Waals surface area contributed by atoms with Crippen molar-refractivity contribution in [3.05, 3.63) is 61.3 Å². The van der Waals surface area contributed by atoms with Crippen LogP contribution in [0.25, 0.3) is 43.7 Å². The van der Waals surface area contributed by atoms with E-state index in [-0.39, 0.29) is 0 Å². The largest absolute Gasteiger partial charge is 0.349 e. The summed E-state index contributed by atoms with van der Waals surface area (Å²) in [4.78, 5) is 17.7. The number of fused-ring (bicyclic) bond motifs is 1. The second-order valence-corrected chi connectivity index (χ2v) is 6.92. The van der Waals surface area contributed by atoms with Crippen molar-refractivity contribution < 1.29 is 0 Å². The standard InChI is InChI=1S/C19H13N7S/c1-26-9-5-12-10-14(23-15(16(12)26)17-21-7-3-8-22-17)19-25-24-18(27-19)13-4-2-6-20-11-13/h2-11H,1H3. The number of hydrogen-bond acceptors (Lipinski definition) is 7. The molecule has 5 rings (SSSR count). The molecule has 0 aliphatic heterocycles. The summed E-state index contributed by atoms with van der Waals surface area (Å²) >= 11 is 1.49. The van der Waals surface area contributed by atoms with Crippen LogP contribution in [0.1, 0.15) is 0 Å². The average Bonchev–Trinajstić information content (AvgIpc) is 3.36. The van der Waals surface area contributed by atoms with Gasteiger partial charge < -0.3 is 4.57 Å². The molecule has 0 saturated carbocycles. The Morgan fingerprint density at radius 3 is 2.63 bits per heavy atom. The minimum atomic E-state index is 0.586. The Hall–Kier alpha value is -3.52. The Morgan fingerprint density at radius 1 is 0.963 bits per heavy atom. The summed E-state index contributed by atoms with van der Waals surface area (Å²) < 4.78 is 2.03. The van der Waals surface area contributed by atoms with E-state index in [1.807, 2.05) is 36.0 Å². The van der Waals surface area contributed by atoms with E-state index in [0.717, 1.165) is 37.9 Å². The lowest BCUT2D eigenvalue weighted by atomic mass is 10.2. The second-order valence-electron chi connectivity index (χ2n) is 5.95. The molecular formula is C19H13N7S. The predicted octanol–water partition coefficient (Wildman–Crippen LogP) is 3.61. The summed E-state index contributed by atoms with van der Waals surface area (Å²) in [7, 11) is 1.99. The zero-order chi connectivity index (χ0) is 18.2. The van der Waals surface area contributed by atoms with Gasteiger partial charge in [0.15, 0.2) is 10.8 Å². The van der Waals surface area contributed by atoms with Crippen LogP contribution >= 0.6 is 11.3 Å². The van der Waals surface area contributed by atoms with Gasteiger partial charge in [-0.15, -0.1) is 10.2 Å². The fourth-order valence-electron chi connectivity index (χ4n) is 2.94. The van der Waals surface area contributed by atoms with Crippen molar-refractivity contribution in [3.8, 4) is 32.8 Å². The van der Waals surface area contributed by atoms with Gasteiger partial charge >= 0.3 is 0 Å².